The average molecular weight is 416 g/mol. The van der Waals surface area contributed by atoms with E-state index in [1.54, 1.807) is 6.07 Å². The highest BCUT2D eigenvalue weighted by Crippen LogP contribution is 2.19. The number of nitrogens with one attached hydrogen (secondary N) is 3. The fraction of sp³-hybridized carbons (Fsp3) is 0.158. The zero-order valence-electron chi connectivity index (χ0n) is 15.5. The van der Waals surface area contributed by atoms with Gasteiger partial charge in [-0.25, -0.2) is 8.42 Å². The molecule has 0 saturated carbocycles. The summed E-state index contributed by atoms with van der Waals surface area (Å²) in [6.45, 7) is -0.725. The van der Waals surface area contributed by atoms with Crippen LogP contribution in [0.25, 0.3) is 11.3 Å². The Morgan fingerprint density at radius 2 is 1.86 bits per heavy atom. The van der Waals surface area contributed by atoms with E-state index >= 15 is 0 Å². The molecule has 0 saturated heterocycles. The minimum Gasteiger partial charge on any atom is -0.497 e. The summed E-state index contributed by atoms with van der Waals surface area (Å²) >= 11 is 0. The number of amides is 1. The molecular formula is C19H20N4O5S. The predicted octanol–water partition coefficient (Wildman–Crippen LogP) is 1.36. The van der Waals surface area contributed by atoms with Crippen LogP contribution in [-0.2, 0) is 14.8 Å². The third kappa shape index (κ3) is 4.99. The fourth-order valence-corrected chi connectivity index (χ4v) is 3.74. The van der Waals surface area contributed by atoms with Gasteiger partial charge in [0.2, 0.25) is 15.9 Å². The monoisotopic (exact) mass is 416 g/mol. The van der Waals surface area contributed by atoms with Gasteiger partial charge in [-0.05, 0) is 29.8 Å². The van der Waals surface area contributed by atoms with E-state index in [-0.39, 0.29) is 10.7 Å². The molecule has 152 valence electrons. The maximum Gasteiger partial charge on any atom is 0.246 e. The standard InChI is InChI=1S/C19H20N4O5S/c1-28-14-7-9-15(10-8-14)29(26,27)23-17(12-24)19(25)20-18-11-16(21-22-18)13-5-3-2-4-6-13/h2-11,17,23-24H,12H2,1H3,(H2,20,21,22,25)/t17-/m0/s1. The van der Waals surface area contributed by atoms with Crippen LogP contribution >= 0.6 is 0 Å². The van der Waals surface area contributed by atoms with E-state index < -0.39 is 28.6 Å². The highest BCUT2D eigenvalue weighted by molar-refractivity contribution is 7.89. The number of nitrogens with zero attached hydrogens (tertiary/aromatic N) is 1. The van der Waals surface area contributed by atoms with Crippen LogP contribution in [0.1, 0.15) is 0 Å². The minimum atomic E-state index is -4.03. The Morgan fingerprint density at radius 1 is 1.17 bits per heavy atom. The molecule has 9 nitrogen and oxygen atoms in total. The molecule has 0 unspecified atom stereocenters. The molecule has 0 aliphatic heterocycles. The zero-order valence-corrected chi connectivity index (χ0v) is 16.3. The highest BCUT2D eigenvalue weighted by Gasteiger charge is 2.26. The van der Waals surface area contributed by atoms with Crippen molar-refractivity contribution in [2.75, 3.05) is 19.0 Å². The SMILES string of the molecule is COc1ccc(S(=O)(=O)N[C@@H](CO)C(=O)Nc2cc(-c3ccccc3)[nH]n2)cc1. The third-order valence-electron chi connectivity index (χ3n) is 4.08. The number of sulfonamides is 1. The molecule has 0 spiro atoms. The second-order valence-corrected chi connectivity index (χ2v) is 7.77. The lowest BCUT2D eigenvalue weighted by Crippen LogP contribution is -2.46. The smallest absolute Gasteiger partial charge is 0.246 e. The molecule has 2 aromatic carbocycles. The normalized spacial score (nSPS) is 12.3. The fourth-order valence-electron chi connectivity index (χ4n) is 2.55. The van der Waals surface area contributed by atoms with Crippen LogP contribution in [0.5, 0.6) is 5.75 Å². The molecule has 3 rings (SSSR count). The molecule has 10 heteroatoms. The van der Waals surface area contributed by atoms with Gasteiger partial charge in [-0.1, -0.05) is 30.3 Å². The van der Waals surface area contributed by atoms with Crippen LogP contribution in [0.2, 0.25) is 0 Å². The summed E-state index contributed by atoms with van der Waals surface area (Å²) in [6, 6.07) is 15.2. The second kappa shape index (κ2) is 8.86. The molecule has 0 radical (unpaired) electrons. The topological polar surface area (TPSA) is 133 Å². The molecular weight excluding hydrogens is 396 g/mol. The van der Waals surface area contributed by atoms with E-state index in [0.717, 1.165) is 5.56 Å². The van der Waals surface area contributed by atoms with E-state index in [1.165, 1.54) is 31.4 Å². The Bertz CT molecular complexity index is 1070. The Labute approximate surface area is 167 Å². The molecule has 0 fully saturated rings. The van der Waals surface area contributed by atoms with E-state index in [1.807, 2.05) is 30.3 Å². The number of benzene rings is 2. The van der Waals surface area contributed by atoms with Crippen molar-refractivity contribution in [3.63, 3.8) is 0 Å². The van der Waals surface area contributed by atoms with E-state index in [4.69, 9.17) is 4.74 Å². The number of methoxy groups -OCH3 is 1. The van der Waals surface area contributed by atoms with Gasteiger partial charge < -0.3 is 15.2 Å². The van der Waals surface area contributed by atoms with Gasteiger partial charge in [0.1, 0.15) is 11.8 Å². The number of carbonyl (C=O) groups is 1. The van der Waals surface area contributed by atoms with Crippen LogP contribution in [0.15, 0.2) is 65.6 Å². The van der Waals surface area contributed by atoms with Gasteiger partial charge >= 0.3 is 0 Å². The highest BCUT2D eigenvalue weighted by atomic mass is 32.2. The van der Waals surface area contributed by atoms with Gasteiger partial charge in [0.05, 0.1) is 24.3 Å². The first-order valence-electron chi connectivity index (χ1n) is 8.62. The number of aromatic nitrogens is 2. The van der Waals surface area contributed by atoms with Crippen LogP contribution < -0.4 is 14.8 Å². The zero-order chi connectivity index (χ0) is 20.9. The number of carbonyl (C=O) groups excluding carboxylic acids is 1. The van der Waals surface area contributed by atoms with Crippen LogP contribution in [0, 0.1) is 0 Å². The van der Waals surface area contributed by atoms with Crippen molar-refractivity contribution in [1.29, 1.82) is 0 Å². The van der Waals surface area contributed by atoms with Crippen LogP contribution in [-0.4, -0.2) is 49.4 Å². The van der Waals surface area contributed by atoms with Gasteiger partial charge in [0.25, 0.3) is 0 Å². The summed E-state index contributed by atoms with van der Waals surface area (Å²) < 4.78 is 32.1. The molecule has 1 atom stereocenters. The molecule has 29 heavy (non-hydrogen) atoms. The average Bonchev–Trinajstić information content (AvgIpc) is 3.21. The maximum absolute atomic E-state index is 12.5. The van der Waals surface area contributed by atoms with Crippen molar-refractivity contribution < 1.29 is 23.1 Å². The summed E-state index contributed by atoms with van der Waals surface area (Å²) in [5.41, 5.74) is 1.56. The van der Waals surface area contributed by atoms with Crippen molar-refractivity contribution in [2.24, 2.45) is 0 Å². The van der Waals surface area contributed by atoms with E-state index in [0.29, 0.717) is 11.4 Å². The summed E-state index contributed by atoms with van der Waals surface area (Å²) in [4.78, 5) is 12.4. The van der Waals surface area contributed by atoms with Gasteiger partial charge in [-0.15, -0.1) is 0 Å². The molecule has 1 heterocycles. The number of hydrogen-bond donors (Lipinski definition) is 4. The summed E-state index contributed by atoms with van der Waals surface area (Å²) in [5.74, 6) is -0.0419. The summed E-state index contributed by atoms with van der Waals surface area (Å²) in [7, 11) is -2.56. The largest absolute Gasteiger partial charge is 0.497 e. The summed E-state index contributed by atoms with van der Waals surface area (Å²) in [6.07, 6.45) is 0. The van der Waals surface area contributed by atoms with E-state index in [9.17, 15) is 18.3 Å². The first kappa shape index (κ1) is 20.5. The Kier molecular flexibility index (Phi) is 6.27. The van der Waals surface area contributed by atoms with Crippen LogP contribution in [0.4, 0.5) is 5.82 Å². The minimum absolute atomic E-state index is 0.0596. The van der Waals surface area contributed by atoms with Gasteiger partial charge in [0.15, 0.2) is 5.82 Å². The number of aromatic amines is 1. The lowest BCUT2D eigenvalue weighted by molar-refractivity contribution is -0.118. The molecule has 4 N–H and O–H groups in total. The number of anilines is 1. The van der Waals surface area contributed by atoms with E-state index in [2.05, 4.69) is 20.2 Å². The van der Waals surface area contributed by atoms with Crippen molar-refractivity contribution in [1.82, 2.24) is 14.9 Å². The Hall–Kier alpha value is -3.21. The van der Waals surface area contributed by atoms with Crippen molar-refractivity contribution in [2.45, 2.75) is 10.9 Å². The molecule has 0 bridgehead atoms. The quantitative estimate of drug-likeness (QED) is 0.438. The lowest BCUT2D eigenvalue weighted by Gasteiger charge is -2.15. The Morgan fingerprint density at radius 3 is 2.48 bits per heavy atom. The van der Waals surface area contributed by atoms with Crippen molar-refractivity contribution in [3.8, 4) is 17.0 Å². The number of aliphatic hydroxyl groups is 1. The van der Waals surface area contributed by atoms with Crippen LogP contribution in [0.3, 0.4) is 0 Å². The van der Waals surface area contributed by atoms with Gasteiger partial charge in [-0.3, -0.25) is 9.89 Å². The number of aliphatic hydroxyl groups excluding tert-OH is 1. The molecule has 0 aliphatic rings. The molecule has 3 aromatic rings. The molecule has 1 aromatic heterocycles. The number of ether oxygens (including phenoxy) is 1. The van der Waals surface area contributed by atoms with Crippen molar-refractivity contribution >= 4 is 21.7 Å². The Balaban J connectivity index is 1.69. The molecule has 1 amide bonds. The molecule has 0 aliphatic carbocycles. The maximum atomic E-state index is 12.5. The number of rotatable bonds is 8. The summed E-state index contributed by atoms with van der Waals surface area (Å²) in [5, 5.41) is 18.8. The third-order valence-corrected chi connectivity index (χ3v) is 5.57. The second-order valence-electron chi connectivity index (χ2n) is 6.05. The van der Waals surface area contributed by atoms with Gasteiger partial charge in [0, 0.05) is 6.07 Å². The lowest BCUT2D eigenvalue weighted by atomic mass is 10.1. The number of H-pyrrole nitrogens is 1. The van der Waals surface area contributed by atoms with Crippen molar-refractivity contribution in [3.05, 3.63) is 60.7 Å². The first-order chi connectivity index (χ1) is 13.9. The predicted molar refractivity (Wildman–Crippen MR) is 107 cm³/mol. The van der Waals surface area contributed by atoms with Gasteiger partial charge in [-0.2, -0.15) is 9.82 Å². The number of hydrogen-bond acceptors (Lipinski definition) is 6. The first-order valence-corrected chi connectivity index (χ1v) is 10.1.